The van der Waals surface area contributed by atoms with E-state index in [4.69, 9.17) is 20.9 Å². The lowest BCUT2D eigenvalue weighted by Gasteiger charge is -2.19. The van der Waals surface area contributed by atoms with Gasteiger partial charge in [0.25, 0.3) is 0 Å². The summed E-state index contributed by atoms with van der Waals surface area (Å²) in [7, 11) is 0. The Kier molecular flexibility index (Phi) is 6.29. The standard InChI is InChI=1S/C11H17N2O3PS/c1-3-15-17(18,16-4-2)13-12-9-10-7-5-6-8-11(10)14/h5-9,14H,3-4H2,1-2H3,(H,13,18)/b12-9+. The number of nitrogens with zero attached hydrogens (tertiary/aromatic N) is 1. The minimum absolute atomic E-state index is 0.157. The van der Waals surface area contributed by atoms with Gasteiger partial charge in [-0.1, -0.05) is 12.1 Å². The maximum absolute atomic E-state index is 9.55. The maximum atomic E-state index is 9.55. The van der Waals surface area contributed by atoms with Crippen molar-refractivity contribution in [2.75, 3.05) is 13.2 Å². The van der Waals surface area contributed by atoms with E-state index in [-0.39, 0.29) is 5.75 Å². The topological polar surface area (TPSA) is 63.1 Å². The highest BCUT2D eigenvalue weighted by Gasteiger charge is 2.16. The molecule has 18 heavy (non-hydrogen) atoms. The predicted octanol–water partition coefficient (Wildman–Crippen LogP) is 2.61. The molecule has 0 radical (unpaired) electrons. The van der Waals surface area contributed by atoms with Crippen LogP contribution in [0.25, 0.3) is 0 Å². The molecule has 0 spiro atoms. The molecule has 0 aromatic heterocycles. The van der Waals surface area contributed by atoms with Gasteiger partial charge < -0.3 is 14.2 Å². The first kappa shape index (κ1) is 15.1. The Morgan fingerprint density at radius 2 is 1.94 bits per heavy atom. The number of aromatic hydroxyl groups is 1. The second-order valence-corrected chi connectivity index (χ2v) is 6.40. The van der Waals surface area contributed by atoms with E-state index in [0.29, 0.717) is 18.8 Å². The van der Waals surface area contributed by atoms with Gasteiger partial charge in [0.1, 0.15) is 5.75 Å². The molecule has 0 aliphatic carbocycles. The number of phenolic OH excluding ortho intramolecular Hbond substituents is 1. The number of para-hydroxylation sites is 1. The summed E-state index contributed by atoms with van der Waals surface area (Å²) in [4.78, 5) is 0. The molecule has 0 bridgehead atoms. The van der Waals surface area contributed by atoms with Crippen molar-refractivity contribution >= 4 is 24.7 Å². The highest BCUT2D eigenvalue weighted by molar-refractivity contribution is 8.08. The van der Waals surface area contributed by atoms with Crippen molar-refractivity contribution in [3.63, 3.8) is 0 Å². The van der Waals surface area contributed by atoms with Crippen LogP contribution in [0.4, 0.5) is 0 Å². The predicted molar refractivity (Wildman–Crippen MR) is 76.4 cm³/mol. The molecule has 0 saturated carbocycles. The molecule has 0 atom stereocenters. The van der Waals surface area contributed by atoms with Gasteiger partial charge in [-0.25, -0.2) is 5.20 Å². The van der Waals surface area contributed by atoms with Gasteiger partial charge >= 0.3 is 6.64 Å². The van der Waals surface area contributed by atoms with E-state index in [0.717, 1.165) is 0 Å². The molecule has 0 aliphatic heterocycles. The molecule has 5 nitrogen and oxygen atoms in total. The summed E-state index contributed by atoms with van der Waals surface area (Å²) in [6.07, 6.45) is 1.48. The first-order valence-electron chi connectivity index (χ1n) is 5.58. The number of hydrogen-bond acceptors (Lipinski definition) is 5. The lowest BCUT2D eigenvalue weighted by molar-refractivity contribution is 0.259. The lowest BCUT2D eigenvalue weighted by Crippen LogP contribution is -2.09. The van der Waals surface area contributed by atoms with Gasteiger partial charge in [0.15, 0.2) is 0 Å². The van der Waals surface area contributed by atoms with Gasteiger partial charge in [-0.3, -0.25) is 0 Å². The Labute approximate surface area is 112 Å². The van der Waals surface area contributed by atoms with Crippen molar-refractivity contribution in [3.05, 3.63) is 29.8 Å². The summed E-state index contributed by atoms with van der Waals surface area (Å²) < 4.78 is 10.7. The molecule has 0 aliphatic rings. The second-order valence-electron chi connectivity index (χ2n) is 3.25. The van der Waals surface area contributed by atoms with Gasteiger partial charge in [0.2, 0.25) is 0 Å². The Balaban J connectivity index is 2.68. The fraction of sp³-hybridized carbons (Fsp3) is 0.364. The van der Waals surface area contributed by atoms with E-state index < -0.39 is 6.64 Å². The molecule has 0 amide bonds. The molecule has 0 heterocycles. The molecule has 1 aromatic carbocycles. The third-order valence-corrected chi connectivity index (χ3v) is 4.35. The molecule has 0 unspecified atom stereocenters. The zero-order chi connectivity index (χ0) is 13.4. The Bertz CT molecular complexity index is 444. The minimum atomic E-state index is -2.57. The highest BCUT2D eigenvalue weighted by atomic mass is 32.5. The van der Waals surface area contributed by atoms with Crippen LogP contribution in [0.2, 0.25) is 0 Å². The fourth-order valence-electron chi connectivity index (χ4n) is 1.20. The van der Waals surface area contributed by atoms with Crippen LogP contribution in [-0.4, -0.2) is 24.5 Å². The molecule has 7 heteroatoms. The van der Waals surface area contributed by atoms with E-state index in [1.807, 2.05) is 19.9 Å². The van der Waals surface area contributed by atoms with Crippen LogP contribution in [-0.2, 0) is 20.9 Å². The fourth-order valence-corrected chi connectivity index (χ4v) is 3.04. The van der Waals surface area contributed by atoms with Gasteiger partial charge in [0, 0.05) is 5.56 Å². The molecule has 0 saturated heterocycles. The van der Waals surface area contributed by atoms with Crippen LogP contribution < -0.4 is 5.20 Å². The highest BCUT2D eigenvalue weighted by Crippen LogP contribution is 2.43. The molecule has 100 valence electrons. The first-order valence-corrected chi connectivity index (χ1v) is 8.22. The van der Waals surface area contributed by atoms with E-state index >= 15 is 0 Å². The summed E-state index contributed by atoms with van der Waals surface area (Å²) >= 11 is 5.23. The summed E-state index contributed by atoms with van der Waals surface area (Å²) in [6, 6.07) is 6.88. The molecular weight excluding hydrogens is 271 g/mol. The van der Waals surface area contributed by atoms with Crippen molar-refractivity contribution < 1.29 is 14.2 Å². The normalized spacial score (nSPS) is 11.9. The van der Waals surface area contributed by atoms with E-state index in [1.54, 1.807) is 18.2 Å². The summed E-state index contributed by atoms with van der Waals surface area (Å²) in [5.74, 6) is 0.157. The maximum Gasteiger partial charge on any atom is 0.303 e. The molecule has 0 fully saturated rings. The lowest BCUT2D eigenvalue weighted by atomic mass is 10.2. The zero-order valence-electron chi connectivity index (χ0n) is 10.4. The number of benzene rings is 1. The van der Waals surface area contributed by atoms with Gasteiger partial charge in [-0.05, 0) is 37.8 Å². The van der Waals surface area contributed by atoms with Gasteiger partial charge in [-0.2, -0.15) is 5.10 Å². The number of nitrogens with one attached hydrogen (secondary N) is 1. The Hall–Kier alpha value is -0.940. The Morgan fingerprint density at radius 1 is 1.33 bits per heavy atom. The van der Waals surface area contributed by atoms with Crippen LogP contribution in [0, 0.1) is 0 Å². The van der Waals surface area contributed by atoms with Crippen molar-refractivity contribution in [3.8, 4) is 5.75 Å². The van der Waals surface area contributed by atoms with Gasteiger partial charge in [-0.15, -0.1) is 0 Å². The number of rotatable bonds is 7. The first-order chi connectivity index (χ1) is 8.61. The monoisotopic (exact) mass is 288 g/mol. The number of hydrazone groups is 1. The Morgan fingerprint density at radius 3 is 2.50 bits per heavy atom. The van der Waals surface area contributed by atoms with E-state index in [9.17, 15) is 5.11 Å². The van der Waals surface area contributed by atoms with Crippen molar-refractivity contribution in [1.82, 2.24) is 5.20 Å². The van der Waals surface area contributed by atoms with Crippen LogP contribution in [0.1, 0.15) is 19.4 Å². The summed E-state index contributed by atoms with van der Waals surface area (Å²) in [6.45, 7) is 2.03. The second kappa shape index (κ2) is 7.48. The number of hydrogen-bond donors (Lipinski definition) is 2. The number of phenols is 1. The van der Waals surface area contributed by atoms with Crippen LogP contribution in [0.15, 0.2) is 29.4 Å². The summed E-state index contributed by atoms with van der Waals surface area (Å²) in [5.41, 5.74) is 0.597. The van der Waals surface area contributed by atoms with Crippen LogP contribution in [0.5, 0.6) is 5.75 Å². The molecule has 1 aromatic rings. The van der Waals surface area contributed by atoms with Crippen LogP contribution in [0.3, 0.4) is 0 Å². The average molecular weight is 288 g/mol. The van der Waals surface area contributed by atoms with Crippen molar-refractivity contribution in [2.45, 2.75) is 13.8 Å². The third-order valence-electron chi connectivity index (χ3n) is 1.92. The summed E-state index contributed by atoms with van der Waals surface area (Å²) in [5, 5.41) is 16.2. The molecule has 2 N–H and O–H groups in total. The third kappa shape index (κ3) is 4.74. The van der Waals surface area contributed by atoms with Gasteiger partial charge in [0.05, 0.1) is 19.4 Å². The smallest absolute Gasteiger partial charge is 0.303 e. The van der Waals surface area contributed by atoms with Crippen LogP contribution >= 0.6 is 6.64 Å². The van der Waals surface area contributed by atoms with E-state index in [2.05, 4.69) is 10.3 Å². The minimum Gasteiger partial charge on any atom is -0.507 e. The average Bonchev–Trinajstić information content (AvgIpc) is 2.32. The molecular formula is C11H17N2O3PS. The van der Waals surface area contributed by atoms with Crippen molar-refractivity contribution in [2.24, 2.45) is 5.10 Å². The van der Waals surface area contributed by atoms with Crippen molar-refractivity contribution in [1.29, 1.82) is 0 Å². The van der Waals surface area contributed by atoms with E-state index in [1.165, 1.54) is 6.21 Å². The molecule has 1 rings (SSSR count). The quantitative estimate of drug-likeness (QED) is 0.459. The zero-order valence-corrected chi connectivity index (χ0v) is 12.1. The largest absolute Gasteiger partial charge is 0.507 e. The SMILES string of the molecule is CCOP(=S)(N/N=C/c1ccccc1O)OCC.